The molecule has 72 valence electrons. The van der Waals surface area contributed by atoms with Crippen molar-refractivity contribution in [1.29, 1.82) is 0 Å². The molecule has 0 saturated carbocycles. The molecule has 0 aliphatic rings. The summed E-state index contributed by atoms with van der Waals surface area (Å²) in [4.78, 5) is 12.1. The molecule has 0 saturated heterocycles. The van der Waals surface area contributed by atoms with Crippen LogP contribution >= 0.6 is 11.3 Å². The molecular weight excluding hydrogens is 202 g/mol. The Balaban J connectivity index is 2.45. The maximum atomic E-state index is 11.3. The summed E-state index contributed by atoms with van der Waals surface area (Å²) >= 11 is 1.49. The largest absolute Gasteiger partial charge is 0.464 e. The van der Waals surface area contributed by atoms with Gasteiger partial charge < -0.3 is 4.74 Å². The number of aromatic nitrogens is 3. The van der Waals surface area contributed by atoms with Crippen molar-refractivity contribution >= 4 is 17.3 Å². The van der Waals surface area contributed by atoms with Crippen LogP contribution < -0.4 is 0 Å². The van der Waals surface area contributed by atoms with Gasteiger partial charge in [0.15, 0.2) is 5.69 Å². The van der Waals surface area contributed by atoms with Gasteiger partial charge in [-0.05, 0) is 11.4 Å². The van der Waals surface area contributed by atoms with Crippen LogP contribution in [0.4, 0.5) is 0 Å². The fourth-order valence-corrected chi connectivity index (χ4v) is 1.77. The number of esters is 1. The summed E-state index contributed by atoms with van der Waals surface area (Å²) in [5.74, 6) is -0.484. The lowest BCUT2D eigenvalue weighted by molar-refractivity contribution is 0.0595. The number of hydrogen-bond acceptors (Lipinski definition) is 5. The smallest absolute Gasteiger partial charge is 0.360 e. The highest BCUT2D eigenvalue weighted by Gasteiger charge is 2.18. The van der Waals surface area contributed by atoms with Gasteiger partial charge in [0.05, 0.1) is 12.0 Å². The average Bonchev–Trinajstić information content (AvgIpc) is 2.85. The molecule has 0 unspecified atom stereocenters. The van der Waals surface area contributed by atoms with Crippen LogP contribution in [0.3, 0.4) is 0 Å². The molecule has 2 aromatic rings. The molecule has 0 atom stereocenters. The third-order valence-electron chi connectivity index (χ3n) is 1.68. The SMILES string of the molecule is COC(=O)c1n[nH]nc1-c1cccs1. The zero-order chi connectivity index (χ0) is 9.97. The molecule has 0 bridgehead atoms. The van der Waals surface area contributed by atoms with E-state index >= 15 is 0 Å². The van der Waals surface area contributed by atoms with E-state index in [1.54, 1.807) is 0 Å². The number of aromatic amines is 1. The van der Waals surface area contributed by atoms with Crippen LogP contribution in [0.1, 0.15) is 10.5 Å². The first-order valence-electron chi connectivity index (χ1n) is 3.86. The Kier molecular flexibility index (Phi) is 2.28. The van der Waals surface area contributed by atoms with E-state index in [4.69, 9.17) is 0 Å². The summed E-state index contributed by atoms with van der Waals surface area (Å²) in [6.45, 7) is 0. The number of rotatable bonds is 2. The molecule has 0 fully saturated rings. The summed E-state index contributed by atoms with van der Waals surface area (Å²) < 4.78 is 4.58. The molecule has 0 aliphatic heterocycles. The number of ether oxygens (including phenoxy) is 1. The summed E-state index contributed by atoms with van der Waals surface area (Å²) in [5.41, 5.74) is 0.752. The number of carbonyl (C=O) groups is 1. The highest BCUT2D eigenvalue weighted by atomic mass is 32.1. The van der Waals surface area contributed by atoms with Crippen molar-refractivity contribution in [3.05, 3.63) is 23.2 Å². The van der Waals surface area contributed by atoms with Crippen molar-refractivity contribution in [2.75, 3.05) is 7.11 Å². The highest BCUT2D eigenvalue weighted by molar-refractivity contribution is 7.13. The average molecular weight is 209 g/mol. The summed E-state index contributed by atoms with van der Waals surface area (Å²) in [5, 5.41) is 12.0. The quantitative estimate of drug-likeness (QED) is 0.757. The zero-order valence-corrected chi connectivity index (χ0v) is 8.17. The fraction of sp³-hybridized carbons (Fsp3) is 0.125. The number of thiophene rings is 1. The fourth-order valence-electron chi connectivity index (χ4n) is 1.05. The first-order chi connectivity index (χ1) is 6.83. The lowest BCUT2D eigenvalue weighted by atomic mass is 10.3. The number of carbonyl (C=O) groups excluding carboxylic acids is 1. The highest BCUT2D eigenvalue weighted by Crippen LogP contribution is 2.24. The van der Waals surface area contributed by atoms with Crippen LogP contribution in [0.5, 0.6) is 0 Å². The Bertz CT molecular complexity index is 435. The number of methoxy groups -OCH3 is 1. The zero-order valence-electron chi connectivity index (χ0n) is 7.35. The third kappa shape index (κ3) is 1.39. The maximum absolute atomic E-state index is 11.3. The minimum Gasteiger partial charge on any atom is -0.464 e. The van der Waals surface area contributed by atoms with E-state index in [1.165, 1.54) is 18.4 Å². The van der Waals surface area contributed by atoms with Crippen LogP contribution in [-0.4, -0.2) is 28.5 Å². The molecule has 5 nitrogen and oxygen atoms in total. The third-order valence-corrected chi connectivity index (χ3v) is 2.56. The molecule has 0 aromatic carbocycles. The Morgan fingerprint density at radius 1 is 1.57 bits per heavy atom. The van der Waals surface area contributed by atoms with Crippen molar-refractivity contribution in [2.45, 2.75) is 0 Å². The molecule has 0 amide bonds. The second-order valence-corrected chi connectivity index (χ2v) is 3.44. The van der Waals surface area contributed by atoms with Gasteiger partial charge in [-0.15, -0.1) is 16.4 Å². The van der Waals surface area contributed by atoms with E-state index in [-0.39, 0.29) is 5.69 Å². The van der Waals surface area contributed by atoms with Crippen molar-refractivity contribution < 1.29 is 9.53 Å². The van der Waals surface area contributed by atoms with Gasteiger partial charge in [-0.25, -0.2) is 4.79 Å². The van der Waals surface area contributed by atoms with Gasteiger partial charge in [0.2, 0.25) is 0 Å². The molecule has 0 radical (unpaired) electrons. The first-order valence-corrected chi connectivity index (χ1v) is 4.74. The van der Waals surface area contributed by atoms with E-state index in [2.05, 4.69) is 20.1 Å². The van der Waals surface area contributed by atoms with Gasteiger partial charge in [0.25, 0.3) is 0 Å². The monoisotopic (exact) mass is 209 g/mol. The minimum atomic E-state index is -0.484. The molecule has 0 spiro atoms. The topological polar surface area (TPSA) is 67.9 Å². The van der Waals surface area contributed by atoms with Crippen LogP contribution in [0, 0.1) is 0 Å². The van der Waals surface area contributed by atoms with Crippen molar-refractivity contribution in [3.63, 3.8) is 0 Å². The maximum Gasteiger partial charge on any atom is 0.360 e. The van der Waals surface area contributed by atoms with Crippen molar-refractivity contribution in [1.82, 2.24) is 15.4 Å². The number of H-pyrrole nitrogens is 1. The molecule has 0 aliphatic carbocycles. The van der Waals surface area contributed by atoms with E-state index in [0.717, 1.165) is 4.88 Å². The van der Waals surface area contributed by atoms with Gasteiger partial charge in [0, 0.05) is 0 Å². The lowest BCUT2D eigenvalue weighted by Gasteiger charge is -1.95. The van der Waals surface area contributed by atoms with Crippen molar-refractivity contribution in [3.8, 4) is 10.6 Å². The van der Waals surface area contributed by atoms with E-state index in [0.29, 0.717) is 5.69 Å². The first kappa shape index (κ1) is 8.89. The number of nitrogens with zero attached hydrogens (tertiary/aromatic N) is 2. The predicted octanol–water partition coefficient (Wildman–Crippen LogP) is 1.32. The van der Waals surface area contributed by atoms with Crippen LogP contribution in [0.15, 0.2) is 17.5 Å². The van der Waals surface area contributed by atoms with Gasteiger partial charge in [0.1, 0.15) is 5.69 Å². The van der Waals surface area contributed by atoms with E-state index in [9.17, 15) is 4.79 Å². The number of nitrogens with one attached hydrogen (secondary N) is 1. The number of hydrogen-bond donors (Lipinski definition) is 1. The van der Waals surface area contributed by atoms with E-state index in [1.807, 2.05) is 17.5 Å². The van der Waals surface area contributed by atoms with Gasteiger partial charge in [-0.1, -0.05) is 6.07 Å². The lowest BCUT2D eigenvalue weighted by Crippen LogP contribution is -2.03. The van der Waals surface area contributed by atoms with E-state index < -0.39 is 5.97 Å². The second-order valence-electron chi connectivity index (χ2n) is 2.49. The molecule has 14 heavy (non-hydrogen) atoms. The Morgan fingerprint density at radius 2 is 2.43 bits per heavy atom. The molecular formula is C8H7N3O2S. The van der Waals surface area contributed by atoms with Crippen LogP contribution in [0.2, 0.25) is 0 Å². The summed E-state index contributed by atoms with van der Waals surface area (Å²) in [7, 11) is 1.31. The predicted molar refractivity (Wildman–Crippen MR) is 51.0 cm³/mol. The Hall–Kier alpha value is -1.69. The normalized spacial score (nSPS) is 10.1. The summed E-state index contributed by atoms with van der Waals surface area (Å²) in [6.07, 6.45) is 0. The van der Waals surface area contributed by atoms with Gasteiger partial charge in [-0.3, -0.25) is 0 Å². The molecule has 6 heteroatoms. The second kappa shape index (κ2) is 3.59. The van der Waals surface area contributed by atoms with Crippen molar-refractivity contribution in [2.24, 2.45) is 0 Å². The molecule has 1 N–H and O–H groups in total. The Labute approximate surface area is 83.7 Å². The van der Waals surface area contributed by atoms with Gasteiger partial charge in [-0.2, -0.15) is 10.3 Å². The molecule has 2 aromatic heterocycles. The standard InChI is InChI=1S/C8H7N3O2S/c1-13-8(12)7-6(9-11-10-7)5-3-2-4-14-5/h2-4H,1H3,(H,9,10,11). The van der Waals surface area contributed by atoms with Crippen LogP contribution in [0.25, 0.3) is 10.6 Å². The minimum absolute atomic E-state index is 0.218. The molecule has 2 heterocycles. The Morgan fingerprint density at radius 3 is 3.07 bits per heavy atom. The summed E-state index contributed by atoms with van der Waals surface area (Å²) in [6, 6.07) is 3.75. The van der Waals surface area contributed by atoms with Crippen LogP contribution in [-0.2, 0) is 4.74 Å². The van der Waals surface area contributed by atoms with Gasteiger partial charge >= 0.3 is 5.97 Å². The molecule has 2 rings (SSSR count).